The van der Waals surface area contributed by atoms with Crippen molar-refractivity contribution in [3.05, 3.63) is 58.4 Å². The minimum Gasteiger partial charge on any atom is -0.462 e. The summed E-state index contributed by atoms with van der Waals surface area (Å²) in [5, 5.41) is 0.890. The number of nitrogens with zero attached hydrogens (tertiary/aromatic N) is 3. The number of nitrogen functional groups attached to an aromatic ring is 1. The van der Waals surface area contributed by atoms with Crippen LogP contribution in [0.15, 0.2) is 30.5 Å². The molecule has 1 spiro atoms. The largest absolute Gasteiger partial charge is 0.462 e. The van der Waals surface area contributed by atoms with E-state index in [2.05, 4.69) is 23.0 Å². The molecule has 2 N–H and O–H groups in total. The van der Waals surface area contributed by atoms with Crippen LogP contribution < -0.4 is 10.5 Å². The van der Waals surface area contributed by atoms with Crippen LogP contribution in [0.1, 0.15) is 77.8 Å². The SMILES string of the molecule is CC1CCC(c2cccc3c2COC2(CCC2)O3)N(C(=O)c2cc3c4c(c(N)nc3cn2)COC4)C1. The van der Waals surface area contributed by atoms with Gasteiger partial charge in [-0.25, -0.2) is 9.97 Å². The number of rotatable bonds is 2. The van der Waals surface area contributed by atoms with Gasteiger partial charge in [0, 0.05) is 35.9 Å². The Hall–Kier alpha value is -3.23. The molecule has 2 atom stereocenters. The van der Waals surface area contributed by atoms with Crippen LogP contribution in [0.25, 0.3) is 10.9 Å². The molecule has 2 unspecified atom stereocenters. The number of benzene rings is 1. The van der Waals surface area contributed by atoms with Crippen LogP contribution >= 0.6 is 0 Å². The first-order chi connectivity index (χ1) is 17.5. The molecule has 1 saturated carbocycles. The molecular formula is C28H30N4O4. The van der Waals surface area contributed by atoms with Crippen molar-refractivity contribution in [2.45, 2.75) is 70.7 Å². The lowest BCUT2D eigenvalue weighted by Gasteiger charge is -2.46. The molecule has 0 radical (unpaired) electrons. The molecule has 0 bridgehead atoms. The second-order valence-electron chi connectivity index (χ2n) is 10.7. The van der Waals surface area contributed by atoms with Crippen molar-refractivity contribution in [1.29, 1.82) is 0 Å². The second-order valence-corrected chi connectivity index (χ2v) is 10.7. The van der Waals surface area contributed by atoms with E-state index in [-0.39, 0.29) is 11.9 Å². The van der Waals surface area contributed by atoms with Gasteiger partial charge >= 0.3 is 0 Å². The van der Waals surface area contributed by atoms with E-state index >= 15 is 0 Å². The summed E-state index contributed by atoms with van der Waals surface area (Å²) in [5.41, 5.74) is 11.3. The average Bonchev–Trinajstić information content (AvgIpc) is 3.38. The molecule has 186 valence electrons. The van der Waals surface area contributed by atoms with E-state index in [4.69, 9.17) is 19.9 Å². The van der Waals surface area contributed by atoms with Gasteiger partial charge < -0.3 is 24.8 Å². The number of amides is 1. The van der Waals surface area contributed by atoms with Gasteiger partial charge in [0.2, 0.25) is 5.79 Å². The fraction of sp³-hybridized carbons (Fsp3) is 0.464. The van der Waals surface area contributed by atoms with Gasteiger partial charge in [-0.1, -0.05) is 19.1 Å². The lowest BCUT2D eigenvalue weighted by molar-refractivity contribution is -0.248. The Morgan fingerprint density at radius 3 is 2.83 bits per heavy atom. The molecule has 1 aromatic carbocycles. The zero-order valence-electron chi connectivity index (χ0n) is 20.5. The maximum Gasteiger partial charge on any atom is 0.272 e. The number of pyridine rings is 2. The Balaban J connectivity index is 1.25. The van der Waals surface area contributed by atoms with E-state index in [1.54, 1.807) is 6.20 Å². The maximum atomic E-state index is 14.0. The zero-order valence-corrected chi connectivity index (χ0v) is 20.5. The smallest absolute Gasteiger partial charge is 0.272 e. The predicted octanol–water partition coefficient (Wildman–Crippen LogP) is 4.64. The first-order valence-corrected chi connectivity index (χ1v) is 12.9. The molecule has 2 fully saturated rings. The third-order valence-corrected chi connectivity index (χ3v) is 8.33. The summed E-state index contributed by atoms with van der Waals surface area (Å²) in [5.74, 6) is 1.27. The Morgan fingerprint density at radius 2 is 2.00 bits per heavy atom. The van der Waals surface area contributed by atoms with Crippen LogP contribution in [-0.4, -0.2) is 33.1 Å². The fourth-order valence-electron chi connectivity index (χ4n) is 6.13. The Labute approximate surface area is 209 Å². The summed E-state index contributed by atoms with van der Waals surface area (Å²) in [6, 6.07) is 8.00. The molecule has 8 nitrogen and oxygen atoms in total. The van der Waals surface area contributed by atoms with Crippen LogP contribution in [0.3, 0.4) is 0 Å². The first kappa shape index (κ1) is 22.0. The first-order valence-electron chi connectivity index (χ1n) is 12.9. The molecule has 3 aliphatic heterocycles. The van der Waals surface area contributed by atoms with Gasteiger partial charge in [-0.3, -0.25) is 4.79 Å². The van der Waals surface area contributed by atoms with Gasteiger partial charge in [0.05, 0.1) is 37.6 Å². The molecule has 1 aliphatic carbocycles. The number of aromatic nitrogens is 2. The van der Waals surface area contributed by atoms with Crippen molar-refractivity contribution in [1.82, 2.24) is 14.9 Å². The summed E-state index contributed by atoms with van der Waals surface area (Å²) >= 11 is 0. The number of nitrogens with two attached hydrogens (primary N) is 1. The third kappa shape index (κ3) is 3.38. The monoisotopic (exact) mass is 486 g/mol. The summed E-state index contributed by atoms with van der Waals surface area (Å²) in [7, 11) is 0. The molecule has 4 aliphatic rings. The minimum atomic E-state index is -0.446. The highest BCUT2D eigenvalue weighted by Crippen LogP contribution is 2.46. The minimum absolute atomic E-state index is 0.0534. The van der Waals surface area contributed by atoms with Gasteiger partial charge in [0.25, 0.3) is 5.91 Å². The van der Waals surface area contributed by atoms with E-state index in [9.17, 15) is 4.79 Å². The van der Waals surface area contributed by atoms with Gasteiger partial charge in [-0.2, -0.15) is 0 Å². The van der Waals surface area contributed by atoms with Crippen molar-refractivity contribution in [2.24, 2.45) is 5.92 Å². The molecule has 7 rings (SSSR count). The fourth-order valence-corrected chi connectivity index (χ4v) is 6.13. The lowest BCUT2D eigenvalue weighted by Crippen LogP contribution is -2.48. The topological polar surface area (TPSA) is 99.8 Å². The van der Waals surface area contributed by atoms with Crippen LogP contribution in [0, 0.1) is 5.92 Å². The number of fused-ring (bicyclic) bond motifs is 4. The van der Waals surface area contributed by atoms with Crippen molar-refractivity contribution >= 4 is 22.6 Å². The van der Waals surface area contributed by atoms with E-state index in [1.165, 1.54) is 0 Å². The van der Waals surface area contributed by atoms with Crippen molar-refractivity contribution in [3.63, 3.8) is 0 Å². The molecule has 1 saturated heterocycles. The van der Waals surface area contributed by atoms with Crippen molar-refractivity contribution in [2.75, 3.05) is 12.3 Å². The highest BCUT2D eigenvalue weighted by Gasteiger charge is 2.45. The third-order valence-electron chi connectivity index (χ3n) is 8.33. The van der Waals surface area contributed by atoms with Crippen LogP contribution in [-0.2, 0) is 29.3 Å². The molecule has 3 aromatic rings. The second kappa shape index (κ2) is 8.15. The number of carbonyl (C=O) groups is 1. The van der Waals surface area contributed by atoms with Gasteiger partial charge in [-0.05, 0) is 48.4 Å². The van der Waals surface area contributed by atoms with Gasteiger partial charge in [-0.15, -0.1) is 0 Å². The number of hydrogen-bond acceptors (Lipinski definition) is 7. The highest BCUT2D eigenvalue weighted by atomic mass is 16.7. The van der Waals surface area contributed by atoms with Crippen molar-refractivity contribution < 1.29 is 19.0 Å². The molecule has 36 heavy (non-hydrogen) atoms. The highest BCUT2D eigenvalue weighted by molar-refractivity contribution is 5.97. The van der Waals surface area contributed by atoms with E-state index in [1.807, 2.05) is 23.1 Å². The summed E-state index contributed by atoms with van der Waals surface area (Å²) in [4.78, 5) is 25.0. The Kier molecular flexibility index (Phi) is 4.98. The number of piperidine rings is 1. The van der Waals surface area contributed by atoms with Crippen LogP contribution in [0.5, 0.6) is 5.75 Å². The molecule has 8 heteroatoms. The number of hydrogen-bond donors (Lipinski definition) is 1. The summed E-state index contributed by atoms with van der Waals surface area (Å²) < 4.78 is 18.1. The number of carbonyl (C=O) groups excluding carboxylic acids is 1. The standard InChI is InChI=1S/C28H30N4O4/c1-16-6-7-24(17-4-2-5-25-20(17)15-35-28(36-25)8-3-9-28)32(12-16)27(33)22-10-18-19-13-34-14-21(19)26(29)31-23(18)11-30-22/h2,4-5,10-11,16,24H,3,6-9,12-15H2,1H3,(H2,29,31). The number of ether oxygens (including phenoxy) is 3. The van der Waals surface area contributed by atoms with Crippen LogP contribution in [0.4, 0.5) is 5.82 Å². The van der Waals surface area contributed by atoms with Gasteiger partial charge in [0.15, 0.2) is 0 Å². The van der Waals surface area contributed by atoms with E-state index in [0.717, 1.165) is 65.5 Å². The number of likely N-dealkylation sites (tertiary alicyclic amines) is 1. The summed E-state index contributed by atoms with van der Waals surface area (Å²) in [6.45, 7) is 4.32. The lowest BCUT2D eigenvalue weighted by atomic mass is 9.86. The molecule has 2 aromatic heterocycles. The molecule has 1 amide bonds. The Morgan fingerprint density at radius 1 is 1.14 bits per heavy atom. The average molecular weight is 487 g/mol. The molecular weight excluding hydrogens is 456 g/mol. The Bertz CT molecular complexity index is 1390. The van der Waals surface area contributed by atoms with E-state index < -0.39 is 5.79 Å². The zero-order chi connectivity index (χ0) is 24.4. The van der Waals surface area contributed by atoms with Crippen molar-refractivity contribution in [3.8, 4) is 5.75 Å². The van der Waals surface area contributed by atoms with Gasteiger partial charge in [0.1, 0.15) is 17.3 Å². The predicted molar refractivity (Wildman–Crippen MR) is 133 cm³/mol. The van der Waals surface area contributed by atoms with Crippen LogP contribution in [0.2, 0.25) is 0 Å². The maximum absolute atomic E-state index is 14.0. The normalized spacial score (nSPS) is 24.2. The molecule has 5 heterocycles. The van der Waals surface area contributed by atoms with E-state index in [0.29, 0.717) is 49.3 Å². The number of anilines is 1. The quantitative estimate of drug-likeness (QED) is 0.563. The summed E-state index contributed by atoms with van der Waals surface area (Å²) in [6.07, 6.45) is 6.61.